The lowest BCUT2D eigenvalue weighted by Gasteiger charge is -2.39. The van der Waals surface area contributed by atoms with Crippen LogP contribution in [0.3, 0.4) is 0 Å². The van der Waals surface area contributed by atoms with E-state index in [9.17, 15) is 9.18 Å². The van der Waals surface area contributed by atoms with Crippen molar-refractivity contribution < 1.29 is 9.18 Å². The Balaban J connectivity index is 1.91. The quantitative estimate of drug-likeness (QED) is 0.880. The Bertz CT molecular complexity index is 435. The van der Waals surface area contributed by atoms with E-state index < -0.39 is 0 Å². The molecule has 4 nitrogen and oxygen atoms in total. The average molecular weight is 265 g/mol. The second kappa shape index (κ2) is 6.12. The lowest BCUT2D eigenvalue weighted by Crippen LogP contribution is -2.54. The summed E-state index contributed by atoms with van der Waals surface area (Å²) in [6.45, 7) is 5.25. The van der Waals surface area contributed by atoms with Gasteiger partial charge in [0.05, 0.1) is 6.54 Å². The summed E-state index contributed by atoms with van der Waals surface area (Å²) in [6, 6.07) is 6.74. The van der Waals surface area contributed by atoms with Gasteiger partial charge in [-0.1, -0.05) is 12.1 Å². The normalized spacial score (nSPS) is 20.6. The van der Waals surface area contributed by atoms with E-state index in [0.717, 1.165) is 25.2 Å². The zero-order valence-electron chi connectivity index (χ0n) is 11.2. The molecule has 1 unspecified atom stereocenters. The number of nitrogens with two attached hydrogens (primary N) is 1. The van der Waals surface area contributed by atoms with Gasteiger partial charge < -0.3 is 10.6 Å². The molecular formula is C14H20FN3O. The second-order valence-corrected chi connectivity index (χ2v) is 5.00. The van der Waals surface area contributed by atoms with Crippen molar-refractivity contribution in [3.8, 4) is 0 Å². The molecule has 1 amide bonds. The van der Waals surface area contributed by atoms with Crippen molar-refractivity contribution in [3.05, 3.63) is 35.6 Å². The van der Waals surface area contributed by atoms with Crippen LogP contribution in [0.5, 0.6) is 0 Å². The summed E-state index contributed by atoms with van der Waals surface area (Å²) >= 11 is 0. The number of halogens is 1. The van der Waals surface area contributed by atoms with E-state index in [4.69, 9.17) is 5.73 Å². The van der Waals surface area contributed by atoms with Gasteiger partial charge in [-0.15, -0.1) is 0 Å². The molecule has 1 fully saturated rings. The predicted octanol–water partition coefficient (Wildman–Crippen LogP) is 0.817. The predicted molar refractivity (Wildman–Crippen MR) is 71.9 cm³/mol. The first-order chi connectivity index (χ1) is 9.10. The highest BCUT2D eigenvalue weighted by Gasteiger charge is 2.26. The minimum Gasteiger partial charge on any atom is -0.336 e. The summed E-state index contributed by atoms with van der Waals surface area (Å²) in [6.07, 6.45) is 0. The molecule has 1 aromatic rings. The maximum Gasteiger partial charge on any atom is 0.236 e. The summed E-state index contributed by atoms with van der Waals surface area (Å²) in [5, 5.41) is 0. The number of hydrogen-bond acceptors (Lipinski definition) is 3. The zero-order chi connectivity index (χ0) is 13.8. The standard InChI is InChI=1S/C14H20FN3O/c1-11-9-17(6-7-18(11)14(19)8-16)10-12-2-4-13(15)5-3-12/h2-5,11H,6-10,16H2,1H3. The van der Waals surface area contributed by atoms with Crippen molar-refractivity contribution in [2.24, 2.45) is 5.73 Å². The zero-order valence-corrected chi connectivity index (χ0v) is 11.2. The van der Waals surface area contributed by atoms with Gasteiger partial charge >= 0.3 is 0 Å². The average Bonchev–Trinajstić information content (AvgIpc) is 2.41. The van der Waals surface area contributed by atoms with Crippen LogP contribution in [0, 0.1) is 5.82 Å². The van der Waals surface area contributed by atoms with Crippen LogP contribution in [0.15, 0.2) is 24.3 Å². The first-order valence-electron chi connectivity index (χ1n) is 6.56. The summed E-state index contributed by atoms with van der Waals surface area (Å²) in [4.78, 5) is 15.7. The summed E-state index contributed by atoms with van der Waals surface area (Å²) in [7, 11) is 0. The number of carbonyl (C=O) groups excluding carboxylic acids is 1. The molecule has 0 radical (unpaired) electrons. The molecule has 1 aliphatic rings. The Morgan fingerprint density at radius 2 is 2.05 bits per heavy atom. The van der Waals surface area contributed by atoms with Crippen LogP contribution in [0.25, 0.3) is 0 Å². The maximum absolute atomic E-state index is 12.8. The highest BCUT2D eigenvalue weighted by Crippen LogP contribution is 2.13. The summed E-state index contributed by atoms with van der Waals surface area (Å²) in [5.74, 6) is -0.204. The van der Waals surface area contributed by atoms with Crippen LogP contribution in [0.1, 0.15) is 12.5 Å². The van der Waals surface area contributed by atoms with E-state index in [1.807, 2.05) is 11.8 Å². The van der Waals surface area contributed by atoms with Crippen molar-refractivity contribution >= 4 is 5.91 Å². The second-order valence-electron chi connectivity index (χ2n) is 5.00. The number of carbonyl (C=O) groups is 1. The van der Waals surface area contributed by atoms with Crippen LogP contribution >= 0.6 is 0 Å². The third kappa shape index (κ3) is 3.52. The SMILES string of the molecule is CC1CN(Cc2ccc(F)cc2)CCN1C(=O)CN. The molecule has 1 atom stereocenters. The summed E-state index contributed by atoms with van der Waals surface area (Å²) < 4.78 is 12.8. The Morgan fingerprint density at radius 1 is 1.37 bits per heavy atom. The Morgan fingerprint density at radius 3 is 2.63 bits per heavy atom. The first kappa shape index (κ1) is 14.0. The molecule has 19 heavy (non-hydrogen) atoms. The van der Waals surface area contributed by atoms with Crippen molar-refractivity contribution in [1.29, 1.82) is 0 Å². The number of amides is 1. The van der Waals surface area contributed by atoms with Crippen molar-refractivity contribution in [3.63, 3.8) is 0 Å². The molecule has 1 heterocycles. The number of piperazine rings is 1. The first-order valence-corrected chi connectivity index (χ1v) is 6.56. The van der Waals surface area contributed by atoms with Gasteiger partial charge in [-0.25, -0.2) is 4.39 Å². The van der Waals surface area contributed by atoms with Gasteiger partial charge in [-0.05, 0) is 24.6 Å². The molecule has 0 bridgehead atoms. The monoisotopic (exact) mass is 265 g/mol. The number of benzene rings is 1. The molecule has 0 aromatic heterocycles. The topological polar surface area (TPSA) is 49.6 Å². The maximum atomic E-state index is 12.8. The van der Waals surface area contributed by atoms with Gasteiger partial charge in [-0.2, -0.15) is 0 Å². The van der Waals surface area contributed by atoms with Gasteiger partial charge in [0.15, 0.2) is 0 Å². The van der Waals surface area contributed by atoms with Crippen LogP contribution in [-0.4, -0.2) is 47.9 Å². The molecule has 0 aliphatic carbocycles. The molecule has 1 aliphatic heterocycles. The molecule has 2 rings (SSSR count). The van der Waals surface area contributed by atoms with Crippen molar-refractivity contribution in [2.75, 3.05) is 26.2 Å². The molecule has 1 saturated heterocycles. The fraction of sp³-hybridized carbons (Fsp3) is 0.500. The van der Waals surface area contributed by atoms with E-state index >= 15 is 0 Å². The molecule has 2 N–H and O–H groups in total. The fourth-order valence-corrected chi connectivity index (χ4v) is 2.51. The van der Waals surface area contributed by atoms with Crippen LogP contribution in [0.2, 0.25) is 0 Å². The van der Waals surface area contributed by atoms with Crippen LogP contribution in [-0.2, 0) is 11.3 Å². The molecule has 0 spiro atoms. The van der Waals surface area contributed by atoms with Gasteiger partial charge in [0.25, 0.3) is 0 Å². The minimum absolute atomic E-state index is 0.00827. The van der Waals surface area contributed by atoms with E-state index in [2.05, 4.69) is 4.90 Å². The van der Waals surface area contributed by atoms with Gasteiger partial charge in [-0.3, -0.25) is 9.69 Å². The van der Waals surface area contributed by atoms with Gasteiger partial charge in [0.2, 0.25) is 5.91 Å². The van der Waals surface area contributed by atoms with E-state index in [-0.39, 0.29) is 24.3 Å². The fourth-order valence-electron chi connectivity index (χ4n) is 2.51. The Kier molecular flexibility index (Phi) is 4.50. The third-order valence-electron chi connectivity index (χ3n) is 3.53. The van der Waals surface area contributed by atoms with E-state index in [1.165, 1.54) is 12.1 Å². The summed E-state index contributed by atoms with van der Waals surface area (Å²) in [5.41, 5.74) is 6.49. The minimum atomic E-state index is -0.213. The molecule has 0 saturated carbocycles. The number of rotatable bonds is 3. The lowest BCUT2D eigenvalue weighted by molar-refractivity contribution is -0.134. The lowest BCUT2D eigenvalue weighted by atomic mass is 10.1. The van der Waals surface area contributed by atoms with Gasteiger partial charge in [0, 0.05) is 32.2 Å². The largest absolute Gasteiger partial charge is 0.336 e. The smallest absolute Gasteiger partial charge is 0.236 e. The Hall–Kier alpha value is -1.46. The molecular weight excluding hydrogens is 245 g/mol. The molecule has 104 valence electrons. The van der Waals surface area contributed by atoms with Crippen LogP contribution < -0.4 is 5.73 Å². The number of nitrogens with zero attached hydrogens (tertiary/aromatic N) is 2. The van der Waals surface area contributed by atoms with Crippen LogP contribution in [0.4, 0.5) is 4.39 Å². The van der Waals surface area contributed by atoms with Crippen molar-refractivity contribution in [1.82, 2.24) is 9.80 Å². The Labute approximate surface area is 113 Å². The number of hydrogen-bond donors (Lipinski definition) is 1. The van der Waals surface area contributed by atoms with E-state index in [1.54, 1.807) is 12.1 Å². The molecule has 5 heteroatoms. The highest BCUT2D eigenvalue weighted by molar-refractivity contribution is 5.78. The van der Waals surface area contributed by atoms with Gasteiger partial charge in [0.1, 0.15) is 5.82 Å². The van der Waals surface area contributed by atoms with E-state index in [0.29, 0.717) is 6.54 Å². The third-order valence-corrected chi connectivity index (χ3v) is 3.53. The molecule has 1 aromatic carbocycles. The van der Waals surface area contributed by atoms with Crippen molar-refractivity contribution in [2.45, 2.75) is 19.5 Å². The highest BCUT2D eigenvalue weighted by atomic mass is 19.1.